The topological polar surface area (TPSA) is 94.0 Å². The summed E-state index contributed by atoms with van der Waals surface area (Å²) in [5, 5.41) is 6.45. The smallest absolute Gasteiger partial charge is 0.292 e. The second kappa shape index (κ2) is 5.27. The highest BCUT2D eigenvalue weighted by Crippen LogP contribution is 2.19. The van der Waals surface area contributed by atoms with Crippen LogP contribution in [0.1, 0.15) is 61.6 Å². The number of nitrogens with two attached hydrogens (primary N) is 1. The highest BCUT2D eigenvalue weighted by atomic mass is 16.5. The van der Waals surface area contributed by atoms with Gasteiger partial charge in [0.15, 0.2) is 0 Å². The van der Waals surface area contributed by atoms with Crippen molar-refractivity contribution in [3.05, 3.63) is 11.7 Å². The number of hydrogen-bond donors (Lipinski definition) is 2. The molecule has 1 fully saturated rings. The van der Waals surface area contributed by atoms with Crippen molar-refractivity contribution in [1.29, 1.82) is 0 Å². The molecule has 1 amide bonds. The molecule has 0 aliphatic heterocycles. The van der Waals surface area contributed by atoms with Crippen LogP contribution in [0.5, 0.6) is 0 Å². The fourth-order valence-electron chi connectivity index (χ4n) is 1.50. The molecule has 0 bridgehead atoms. The van der Waals surface area contributed by atoms with E-state index in [4.69, 9.17) is 10.3 Å². The molecule has 2 rings (SSSR count). The molecule has 1 atom stereocenters. The Morgan fingerprint density at radius 2 is 2.41 bits per heavy atom. The number of carbonyl (C=O) groups is 1. The Balaban J connectivity index is 1.91. The van der Waals surface area contributed by atoms with Crippen molar-refractivity contribution in [3.63, 3.8) is 0 Å². The molecule has 1 aliphatic carbocycles. The van der Waals surface area contributed by atoms with Gasteiger partial charge in [-0.25, -0.2) is 0 Å². The van der Waals surface area contributed by atoms with Crippen LogP contribution in [-0.2, 0) is 0 Å². The highest BCUT2D eigenvalue weighted by molar-refractivity contribution is 5.90. The summed E-state index contributed by atoms with van der Waals surface area (Å²) in [6, 6.07) is 0.0168. The van der Waals surface area contributed by atoms with Crippen molar-refractivity contribution in [3.8, 4) is 0 Å². The van der Waals surface area contributed by atoms with Crippen LogP contribution in [0.4, 0.5) is 0 Å². The molecule has 0 radical (unpaired) electrons. The zero-order valence-corrected chi connectivity index (χ0v) is 9.98. The third-order valence-electron chi connectivity index (χ3n) is 2.74. The maximum atomic E-state index is 11.6. The van der Waals surface area contributed by atoms with Gasteiger partial charge in [-0.05, 0) is 19.3 Å². The maximum absolute atomic E-state index is 11.6. The lowest BCUT2D eigenvalue weighted by molar-refractivity contribution is 0.0937. The van der Waals surface area contributed by atoms with E-state index in [1.807, 2.05) is 0 Å². The summed E-state index contributed by atoms with van der Waals surface area (Å²) in [4.78, 5) is 15.6. The largest absolute Gasteiger partial charge is 0.346 e. The van der Waals surface area contributed by atoms with Crippen LogP contribution < -0.4 is 11.1 Å². The number of nitrogens with one attached hydrogen (secondary N) is 1. The number of unbranched alkanes of at least 4 members (excludes halogenated alkanes) is 1. The summed E-state index contributed by atoms with van der Waals surface area (Å²) in [6.45, 7) is 2.09. The first-order valence-electron chi connectivity index (χ1n) is 6.10. The fraction of sp³-hybridized carbons (Fsp3) is 0.727. The minimum Gasteiger partial charge on any atom is -0.346 e. The molecule has 1 aromatic heterocycles. The van der Waals surface area contributed by atoms with Crippen molar-refractivity contribution in [2.45, 2.75) is 51.1 Å². The summed E-state index contributed by atoms with van der Waals surface area (Å²) in [5.41, 5.74) is 5.88. The Bertz CT molecular complexity index is 387. The number of nitrogens with zero attached hydrogens (tertiary/aromatic N) is 2. The van der Waals surface area contributed by atoms with Gasteiger partial charge in [-0.1, -0.05) is 24.9 Å². The molecule has 0 aromatic carbocycles. The predicted molar refractivity (Wildman–Crippen MR) is 61.2 cm³/mol. The Morgan fingerprint density at radius 3 is 3.06 bits per heavy atom. The van der Waals surface area contributed by atoms with Crippen LogP contribution in [-0.4, -0.2) is 22.1 Å². The molecule has 1 aromatic rings. The summed E-state index contributed by atoms with van der Waals surface area (Å²) >= 11 is 0. The van der Waals surface area contributed by atoms with E-state index in [2.05, 4.69) is 22.4 Å². The molecule has 1 saturated carbocycles. The summed E-state index contributed by atoms with van der Waals surface area (Å²) < 4.78 is 5.00. The quantitative estimate of drug-likeness (QED) is 0.775. The minimum atomic E-state index is -0.273. The molecule has 94 valence electrons. The minimum absolute atomic E-state index is 0.0823. The van der Waals surface area contributed by atoms with Gasteiger partial charge in [0.05, 0.1) is 6.04 Å². The number of amides is 1. The van der Waals surface area contributed by atoms with Gasteiger partial charge < -0.3 is 15.6 Å². The van der Waals surface area contributed by atoms with Gasteiger partial charge in [0.1, 0.15) is 0 Å². The predicted octanol–water partition coefficient (Wildman–Crippen LogP) is 1.15. The zero-order chi connectivity index (χ0) is 12.3. The first-order valence-corrected chi connectivity index (χ1v) is 6.10. The van der Waals surface area contributed by atoms with E-state index in [-0.39, 0.29) is 17.8 Å². The fourth-order valence-corrected chi connectivity index (χ4v) is 1.50. The Morgan fingerprint density at radius 1 is 1.65 bits per heavy atom. The standard InChI is InChI=1S/C11H18N4O2/c1-2-3-4-8(12)11-14-9(15-17-11)10(16)13-7-5-6-7/h7-8H,2-6,12H2,1H3,(H,13,16). The first kappa shape index (κ1) is 12.0. The summed E-state index contributed by atoms with van der Waals surface area (Å²) in [5.74, 6) is 0.156. The van der Waals surface area contributed by atoms with Crippen LogP contribution in [0.15, 0.2) is 4.52 Å². The van der Waals surface area contributed by atoms with Gasteiger partial charge in [0, 0.05) is 6.04 Å². The van der Waals surface area contributed by atoms with Crippen LogP contribution in [0.25, 0.3) is 0 Å². The maximum Gasteiger partial charge on any atom is 0.292 e. The van der Waals surface area contributed by atoms with E-state index in [0.717, 1.165) is 32.1 Å². The van der Waals surface area contributed by atoms with Gasteiger partial charge in [-0.2, -0.15) is 4.98 Å². The Labute approximate surface area is 99.9 Å². The number of aromatic nitrogens is 2. The lowest BCUT2D eigenvalue weighted by atomic mass is 10.1. The van der Waals surface area contributed by atoms with Crippen molar-refractivity contribution in [1.82, 2.24) is 15.5 Å². The van der Waals surface area contributed by atoms with Crippen LogP contribution >= 0.6 is 0 Å². The third-order valence-corrected chi connectivity index (χ3v) is 2.74. The molecule has 1 unspecified atom stereocenters. The van der Waals surface area contributed by atoms with Gasteiger partial charge in [-0.3, -0.25) is 4.79 Å². The molecule has 17 heavy (non-hydrogen) atoms. The lowest BCUT2D eigenvalue weighted by Crippen LogP contribution is -2.26. The lowest BCUT2D eigenvalue weighted by Gasteiger charge is -2.03. The molecule has 1 aliphatic rings. The molecule has 6 nitrogen and oxygen atoms in total. The number of carbonyl (C=O) groups excluding carboxylic acids is 1. The molecule has 1 heterocycles. The second-order valence-electron chi connectivity index (χ2n) is 4.45. The summed E-state index contributed by atoms with van der Waals surface area (Å²) in [6.07, 6.45) is 4.94. The Hall–Kier alpha value is -1.43. The van der Waals surface area contributed by atoms with Gasteiger partial charge in [0.25, 0.3) is 11.7 Å². The summed E-state index contributed by atoms with van der Waals surface area (Å²) in [7, 11) is 0. The molecular weight excluding hydrogens is 220 g/mol. The van der Waals surface area contributed by atoms with Crippen LogP contribution in [0, 0.1) is 0 Å². The van der Waals surface area contributed by atoms with E-state index in [1.165, 1.54) is 0 Å². The van der Waals surface area contributed by atoms with E-state index in [1.54, 1.807) is 0 Å². The number of rotatable bonds is 6. The van der Waals surface area contributed by atoms with Gasteiger partial charge in [-0.15, -0.1) is 0 Å². The van der Waals surface area contributed by atoms with Crippen molar-refractivity contribution < 1.29 is 9.32 Å². The number of hydrogen-bond acceptors (Lipinski definition) is 5. The van der Waals surface area contributed by atoms with E-state index >= 15 is 0 Å². The average Bonchev–Trinajstić information content (AvgIpc) is 2.99. The first-order chi connectivity index (χ1) is 8.20. The van der Waals surface area contributed by atoms with E-state index in [9.17, 15) is 4.79 Å². The van der Waals surface area contributed by atoms with Gasteiger partial charge in [0.2, 0.25) is 5.89 Å². The van der Waals surface area contributed by atoms with Crippen molar-refractivity contribution in [2.24, 2.45) is 5.73 Å². The normalized spacial score (nSPS) is 16.8. The van der Waals surface area contributed by atoms with E-state index < -0.39 is 0 Å². The Kier molecular flexibility index (Phi) is 3.73. The van der Waals surface area contributed by atoms with Gasteiger partial charge >= 0.3 is 0 Å². The SMILES string of the molecule is CCCCC(N)c1nc(C(=O)NC2CC2)no1. The third kappa shape index (κ3) is 3.26. The van der Waals surface area contributed by atoms with Crippen LogP contribution in [0.2, 0.25) is 0 Å². The van der Waals surface area contributed by atoms with Crippen molar-refractivity contribution >= 4 is 5.91 Å². The molecular formula is C11H18N4O2. The average molecular weight is 238 g/mol. The zero-order valence-electron chi connectivity index (χ0n) is 9.98. The molecule has 0 spiro atoms. The second-order valence-corrected chi connectivity index (χ2v) is 4.45. The monoisotopic (exact) mass is 238 g/mol. The molecule has 0 saturated heterocycles. The van der Waals surface area contributed by atoms with Crippen LogP contribution in [0.3, 0.4) is 0 Å². The molecule has 3 N–H and O–H groups in total. The van der Waals surface area contributed by atoms with Crippen molar-refractivity contribution in [2.75, 3.05) is 0 Å². The highest BCUT2D eigenvalue weighted by Gasteiger charge is 2.26. The van der Waals surface area contributed by atoms with E-state index in [0.29, 0.717) is 11.9 Å². The molecule has 6 heteroatoms.